The first-order valence-electron chi connectivity index (χ1n) is 2.72. The molecule has 2 heteroatoms. The van der Waals surface area contributed by atoms with Crippen molar-refractivity contribution in [2.75, 3.05) is 0 Å². The van der Waals surface area contributed by atoms with Crippen molar-refractivity contribution in [2.24, 2.45) is 5.10 Å². The van der Waals surface area contributed by atoms with Gasteiger partial charge in [0.2, 0.25) is 0 Å². The highest BCUT2D eigenvalue weighted by atomic mass is 15.3. The Bertz CT molecular complexity index is 253. The molecule has 0 aliphatic carbocycles. The standard InChI is InChI=1S/C7H4N2/c1-2-4-7-6(3-1)5-8-9-7/h1-4H. The third-order valence-electron chi connectivity index (χ3n) is 1.23. The number of hydrogen-bond acceptors (Lipinski definition) is 1. The average molecular weight is 116 g/mol. The van der Waals surface area contributed by atoms with Crippen LogP contribution in [-0.2, 0) is 0 Å². The van der Waals surface area contributed by atoms with Crippen molar-refractivity contribution in [1.29, 1.82) is 0 Å². The van der Waals surface area contributed by atoms with Crippen LogP contribution < -0.4 is 5.43 Å². The summed E-state index contributed by atoms with van der Waals surface area (Å²) in [5, 5.41) is 3.63. The smallest absolute Gasteiger partial charge is 0.123 e. The molecule has 0 bridgehead atoms. The molecule has 0 aromatic heterocycles. The van der Waals surface area contributed by atoms with Crippen molar-refractivity contribution in [3.63, 3.8) is 0 Å². The van der Waals surface area contributed by atoms with Gasteiger partial charge in [-0.2, -0.15) is 0 Å². The van der Waals surface area contributed by atoms with Gasteiger partial charge >= 0.3 is 0 Å². The van der Waals surface area contributed by atoms with Gasteiger partial charge in [0.15, 0.2) is 0 Å². The number of fused-ring (bicyclic) bond motifs is 1. The first-order valence-corrected chi connectivity index (χ1v) is 2.72. The molecule has 0 spiro atoms. The predicted octanol–water partition coefficient (Wildman–Crippen LogP) is 1.15. The maximum Gasteiger partial charge on any atom is 0.123 e. The summed E-state index contributed by atoms with van der Waals surface area (Å²) < 4.78 is 0. The van der Waals surface area contributed by atoms with Crippen LogP contribution >= 0.6 is 0 Å². The minimum atomic E-state index is 0.914. The summed E-state index contributed by atoms with van der Waals surface area (Å²) in [6.07, 6.45) is 2.76. The lowest BCUT2D eigenvalue weighted by Crippen LogP contribution is -1.79. The Labute approximate surface area is 53.2 Å². The van der Waals surface area contributed by atoms with Gasteiger partial charge in [0.1, 0.15) is 6.21 Å². The van der Waals surface area contributed by atoms with E-state index in [1.807, 2.05) is 24.3 Å². The Hall–Kier alpha value is -1.31. The summed E-state index contributed by atoms with van der Waals surface area (Å²) in [6, 6.07) is 7.74. The number of hydrogen-bond donors (Lipinski definition) is 0. The zero-order valence-electron chi connectivity index (χ0n) is 4.70. The number of nitrogens with zero attached hydrogens (tertiary/aromatic N) is 2. The lowest BCUT2D eigenvalue weighted by molar-refractivity contribution is 0.991. The van der Waals surface area contributed by atoms with E-state index in [4.69, 9.17) is 0 Å². The van der Waals surface area contributed by atoms with Crippen LogP contribution in [0.4, 0.5) is 5.69 Å². The molecule has 0 N–H and O–H groups in total. The topological polar surface area (TPSA) is 26.5 Å². The van der Waals surface area contributed by atoms with Crippen LogP contribution in [0.15, 0.2) is 29.4 Å². The maximum absolute atomic E-state index is 3.81. The van der Waals surface area contributed by atoms with Crippen molar-refractivity contribution in [2.45, 2.75) is 0 Å². The lowest BCUT2D eigenvalue weighted by atomic mass is 10.2. The molecule has 0 amide bonds. The Balaban J connectivity index is 2.63. The van der Waals surface area contributed by atoms with Crippen LogP contribution in [0.25, 0.3) is 0 Å². The van der Waals surface area contributed by atoms with Crippen LogP contribution in [0, 0.1) is 0 Å². The van der Waals surface area contributed by atoms with Gasteiger partial charge in [-0.15, -0.1) is 10.5 Å². The molecule has 0 fully saturated rings. The van der Waals surface area contributed by atoms with Crippen molar-refractivity contribution in [1.82, 2.24) is 5.43 Å². The maximum atomic E-state index is 3.81. The molecule has 2 rings (SSSR count). The summed E-state index contributed by atoms with van der Waals surface area (Å²) in [5.74, 6) is 0. The first kappa shape index (κ1) is 4.56. The van der Waals surface area contributed by atoms with Crippen molar-refractivity contribution in [3.8, 4) is 0 Å². The third kappa shape index (κ3) is 0.598. The van der Waals surface area contributed by atoms with E-state index in [-0.39, 0.29) is 0 Å². The Kier molecular flexibility index (Phi) is 0.803. The second-order valence-corrected chi connectivity index (χ2v) is 1.83. The van der Waals surface area contributed by atoms with Crippen LogP contribution in [0.1, 0.15) is 5.56 Å². The van der Waals surface area contributed by atoms with Crippen molar-refractivity contribution >= 4 is 11.9 Å². The second kappa shape index (κ2) is 1.58. The van der Waals surface area contributed by atoms with Crippen molar-refractivity contribution in [3.05, 3.63) is 29.8 Å². The predicted molar refractivity (Wildman–Crippen MR) is 34.8 cm³/mol. The van der Waals surface area contributed by atoms with Crippen LogP contribution in [0.3, 0.4) is 0 Å². The van der Waals surface area contributed by atoms with Gasteiger partial charge in [-0.3, -0.25) is 0 Å². The van der Waals surface area contributed by atoms with E-state index in [0.717, 1.165) is 11.3 Å². The fourth-order valence-electron chi connectivity index (χ4n) is 0.788. The quantitative estimate of drug-likeness (QED) is 0.486. The summed E-state index contributed by atoms with van der Waals surface area (Å²) in [7, 11) is 0. The van der Waals surface area contributed by atoms with Crippen molar-refractivity contribution < 1.29 is 0 Å². The first-order chi connectivity index (χ1) is 4.47. The van der Waals surface area contributed by atoms with Gasteiger partial charge in [-0.25, -0.2) is 0 Å². The SMILES string of the molecule is [C]1=N[N]c2ccccc21. The van der Waals surface area contributed by atoms with Crippen LogP contribution in [0.2, 0.25) is 0 Å². The van der Waals surface area contributed by atoms with Gasteiger partial charge in [0.25, 0.3) is 0 Å². The fraction of sp³-hybridized carbons (Fsp3) is 0. The third-order valence-corrected chi connectivity index (χ3v) is 1.23. The average Bonchev–Trinajstić information content (AvgIpc) is 2.33. The Morgan fingerprint density at radius 2 is 2.11 bits per heavy atom. The normalized spacial score (nSPS) is 12.9. The van der Waals surface area contributed by atoms with E-state index < -0.39 is 0 Å². The largest absolute Gasteiger partial charge is 0.150 e. The Morgan fingerprint density at radius 3 is 3.00 bits per heavy atom. The summed E-state index contributed by atoms with van der Waals surface area (Å²) in [5.41, 5.74) is 5.71. The van der Waals surface area contributed by atoms with Gasteiger partial charge in [-0.05, 0) is 6.07 Å². The van der Waals surface area contributed by atoms with E-state index in [1.54, 1.807) is 0 Å². The zero-order valence-corrected chi connectivity index (χ0v) is 4.70. The van der Waals surface area contributed by atoms with E-state index in [0.29, 0.717) is 0 Å². The lowest BCUT2D eigenvalue weighted by Gasteiger charge is -1.89. The van der Waals surface area contributed by atoms with Gasteiger partial charge in [-0.1, -0.05) is 18.2 Å². The molecular formula is C7H4N2. The minimum absolute atomic E-state index is 0.914. The van der Waals surface area contributed by atoms with Gasteiger partial charge < -0.3 is 0 Å². The number of benzene rings is 1. The molecule has 0 saturated carbocycles. The fourth-order valence-corrected chi connectivity index (χ4v) is 0.788. The molecule has 42 valence electrons. The zero-order chi connectivity index (χ0) is 6.10. The van der Waals surface area contributed by atoms with E-state index >= 15 is 0 Å². The van der Waals surface area contributed by atoms with Gasteiger partial charge in [0, 0.05) is 5.56 Å². The molecule has 1 aliphatic heterocycles. The molecular weight excluding hydrogens is 112 g/mol. The summed E-state index contributed by atoms with van der Waals surface area (Å²) in [6.45, 7) is 0. The Morgan fingerprint density at radius 1 is 1.22 bits per heavy atom. The molecule has 1 heterocycles. The molecule has 0 saturated heterocycles. The summed E-state index contributed by atoms with van der Waals surface area (Å²) >= 11 is 0. The molecule has 9 heavy (non-hydrogen) atoms. The highest BCUT2D eigenvalue weighted by Gasteiger charge is 2.04. The van der Waals surface area contributed by atoms with Crippen LogP contribution in [0.5, 0.6) is 0 Å². The van der Waals surface area contributed by atoms with E-state index in [9.17, 15) is 0 Å². The molecule has 1 aromatic carbocycles. The molecule has 0 atom stereocenters. The molecule has 2 nitrogen and oxygen atoms in total. The number of rotatable bonds is 0. The molecule has 2 radical (unpaired) electrons. The molecule has 0 unspecified atom stereocenters. The van der Waals surface area contributed by atoms with Crippen LogP contribution in [-0.4, -0.2) is 6.21 Å². The molecule has 1 aromatic rings. The van der Waals surface area contributed by atoms with E-state index in [1.165, 1.54) is 0 Å². The second-order valence-electron chi connectivity index (χ2n) is 1.83. The highest BCUT2D eigenvalue weighted by Crippen LogP contribution is 2.16. The molecule has 1 aliphatic rings. The van der Waals surface area contributed by atoms with Gasteiger partial charge in [0.05, 0.1) is 5.69 Å². The highest BCUT2D eigenvalue weighted by molar-refractivity contribution is 5.88. The monoisotopic (exact) mass is 116 g/mol. The van der Waals surface area contributed by atoms with E-state index in [2.05, 4.69) is 16.7 Å². The minimum Gasteiger partial charge on any atom is -0.150 e. The summed E-state index contributed by atoms with van der Waals surface area (Å²) in [4.78, 5) is 0.